The molecule has 0 spiro atoms. The molecule has 94 valence electrons. The number of hydrogen-bond acceptors (Lipinski definition) is 4. The zero-order chi connectivity index (χ0) is 13.1. The van der Waals surface area contributed by atoms with E-state index in [0.29, 0.717) is 17.2 Å². The minimum absolute atomic E-state index is 0.142. The van der Waals surface area contributed by atoms with E-state index in [9.17, 15) is 9.50 Å². The standard InChI is InChI=1S/C12H11FIN3O/c1-2-15-12-10(14)6-16-11(17-12)7-3-8(13)5-9(18)4-7/h3-6,18H,2H2,1H3,(H,15,16,17). The number of aromatic nitrogens is 2. The number of nitrogens with zero attached hydrogens (tertiary/aromatic N) is 2. The maximum atomic E-state index is 13.2. The predicted molar refractivity (Wildman–Crippen MR) is 76.0 cm³/mol. The van der Waals surface area contributed by atoms with Gasteiger partial charge in [0, 0.05) is 24.4 Å². The van der Waals surface area contributed by atoms with Crippen molar-refractivity contribution in [3.63, 3.8) is 0 Å². The van der Waals surface area contributed by atoms with Gasteiger partial charge in [-0.05, 0) is 41.6 Å². The van der Waals surface area contributed by atoms with Gasteiger partial charge in [0.1, 0.15) is 17.4 Å². The molecule has 0 amide bonds. The summed E-state index contributed by atoms with van der Waals surface area (Å²) in [5.74, 6) is 0.419. The molecule has 0 aliphatic heterocycles. The highest BCUT2D eigenvalue weighted by Gasteiger charge is 2.08. The van der Waals surface area contributed by atoms with Crippen molar-refractivity contribution >= 4 is 28.4 Å². The van der Waals surface area contributed by atoms with E-state index in [1.165, 1.54) is 12.1 Å². The molecule has 0 bridgehead atoms. The maximum Gasteiger partial charge on any atom is 0.161 e. The molecule has 1 aromatic heterocycles. The van der Waals surface area contributed by atoms with Crippen molar-refractivity contribution < 1.29 is 9.50 Å². The van der Waals surface area contributed by atoms with Crippen LogP contribution in [-0.2, 0) is 0 Å². The van der Waals surface area contributed by atoms with Gasteiger partial charge < -0.3 is 10.4 Å². The van der Waals surface area contributed by atoms with E-state index in [1.54, 1.807) is 6.20 Å². The molecule has 0 aliphatic carbocycles. The molecule has 0 radical (unpaired) electrons. The van der Waals surface area contributed by atoms with Crippen LogP contribution in [0.3, 0.4) is 0 Å². The van der Waals surface area contributed by atoms with Crippen molar-refractivity contribution in [2.45, 2.75) is 6.92 Å². The second-order valence-electron chi connectivity index (χ2n) is 3.62. The molecule has 1 heterocycles. The molecule has 2 N–H and O–H groups in total. The Bertz CT molecular complexity index is 557. The van der Waals surface area contributed by atoms with E-state index in [4.69, 9.17) is 0 Å². The second kappa shape index (κ2) is 5.47. The van der Waals surface area contributed by atoms with Crippen LogP contribution in [0, 0.1) is 9.39 Å². The van der Waals surface area contributed by atoms with Crippen LogP contribution in [0.1, 0.15) is 6.92 Å². The molecule has 0 aliphatic rings. The van der Waals surface area contributed by atoms with E-state index in [2.05, 4.69) is 37.9 Å². The minimum Gasteiger partial charge on any atom is -0.508 e. The Kier molecular flexibility index (Phi) is 3.95. The van der Waals surface area contributed by atoms with Crippen LogP contribution in [0.25, 0.3) is 11.4 Å². The third-order valence-electron chi connectivity index (χ3n) is 2.23. The first-order valence-electron chi connectivity index (χ1n) is 5.36. The average molecular weight is 359 g/mol. The molecule has 4 nitrogen and oxygen atoms in total. The Hall–Kier alpha value is -1.44. The number of anilines is 1. The first-order valence-corrected chi connectivity index (χ1v) is 6.44. The molecule has 0 saturated carbocycles. The summed E-state index contributed by atoms with van der Waals surface area (Å²) in [6.45, 7) is 2.70. The molecular weight excluding hydrogens is 348 g/mol. The highest BCUT2D eigenvalue weighted by atomic mass is 127. The van der Waals surface area contributed by atoms with Gasteiger partial charge in [-0.15, -0.1) is 0 Å². The van der Waals surface area contributed by atoms with E-state index < -0.39 is 5.82 Å². The lowest BCUT2D eigenvalue weighted by Gasteiger charge is -2.07. The fourth-order valence-corrected chi connectivity index (χ4v) is 1.95. The van der Waals surface area contributed by atoms with Crippen molar-refractivity contribution in [3.8, 4) is 17.1 Å². The summed E-state index contributed by atoms with van der Waals surface area (Å²) >= 11 is 2.12. The molecule has 2 rings (SSSR count). The lowest BCUT2D eigenvalue weighted by atomic mass is 10.2. The number of benzene rings is 1. The summed E-state index contributed by atoms with van der Waals surface area (Å²) in [7, 11) is 0. The molecular formula is C12H11FIN3O. The molecule has 2 aromatic rings. The zero-order valence-corrected chi connectivity index (χ0v) is 11.8. The first-order chi connectivity index (χ1) is 8.60. The number of phenols is 1. The van der Waals surface area contributed by atoms with Gasteiger partial charge in [-0.25, -0.2) is 14.4 Å². The maximum absolute atomic E-state index is 13.2. The van der Waals surface area contributed by atoms with Crippen LogP contribution in [0.15, 0.2) is 24.4 Å². The summed E-state index contributed by atoms with van der Waals surface area (Å²) < 4.78 is 14.1. The van der Waals surface area contributed by atoms with Gasteiger partial charge in [0.05, 0.1) is 3.57 Å². The van der Waals surface area contributed by atoms with Crippen molar-refractivity contribution in [2.24, 2.45) is 0 Å². The number of hydrogen-bond donors (Lipinski definition) is 2. The predicted octanol–water partition coefficient (Wildman–Crippen LogP) is 3.02. The fraction of sp³-hybridized carbons (Fsp3) is 0.167. The SMILES string of the molecule is CCNc1nc(-c2cc(O)cc(F)c2)ncc1I. The number of nitrogens with one attached hydrogen (secondary N) is 1. The Morgan fingerprint density at radius 3 is 2.83 bits per heavy atom. The van der Waals surface area contributed by atoms with E-state index >= 15 is 0 Å². The molecule has 0 unspecified atom stereocenters. The number of halogens is 2. The van der Waals surface area contributed by atoms with Crippen LogP contribution >= 0.6 is 22.6 Å². The molecule has 0 fully saturated rings. The second-order valence-corrected chi connectivity index (χ2v) is 4.78. The monoisotopic (exact) mass is 359 g/mol. The smallest absolute Gasteiger partial charge is 0.161 e. The molecule has 0 saturated heterocycles. The topological polar surface area (TPSA) is 58.0 Å². The summed E-state index contributed by atoms with van der Waals surface area (Å²) in [4.78, 5) is 8.44. The van der Waals surface area contributed by atoms with E-state index in [1.807, 2.05) is 6.92 Å². The van der Waals surface area contributed by atoms with Gasteiger partial charge in [-0.3, -0.25) is 0 Å². The first kappa shape index (κ1) is 13.0. The number of rotatable bonds is 3. The summed E-state index contributed by atoms with van der Waals surface area (Å²) in [6.07, 6.45) is 1.66. The highest BCUT2D eigenvalue weighted by molar-refractivity contribution is 14.1. The Morgan fingerprint density at radius 1 is 1.39 bits per heavy atom. The number of phenolic OH excluding ortho intramolecular Hbond substituents is 1. The zero-order valence-electron chi connectivity index (χ0n) is 9.61. The van der Waals surface area contributed by atoms with Gasteiger partial charge in [-0.1, -0.05) is 0 Å². The third-order valence-corrected chi connectivity index (χ3v) is 3.02. The van der Waals surface area contributed by atoms with Crippen molar-refractivity contribution in [3.05, 3.63) is 33.8 Å². The van der Waals surface area contributed by atoms with Crippen molar-refractivity contribution in [1.82, 2.24) is 9.97 Å². The lowest BCUT2D eigenvalue weighted by Crippen LogP contribution is -2.03. The van der Waals surface area contributed by atoms with Gasteiger partial charge >= 0.3 is 0 Å². The highest BCUT2D eigenvalue weighted by Crippen LogP contribution is 2.24. The fourth-order valence-electron chi connectivity index (χ4n) is 1.50. The van der Waals surface area contributed by atoms with E-state index in [0.717, 1.165) is 16.2 Å². The van der Waals surface area contributed by atoms with Crippen molar-refractivity contribution in [2.75, 3.05) is 11.9 Å². The van der Waals surface area contributed by atoms with Crippen molar-refractivity contribution in [1.29, 1.82) is 0 Å². The normalized spacial score (nSPS) is 10.4. The van der Waals surface area contributed by atoms with Gasteiger partial charge in [-0.2, -0.15) is 0 Å². The largest absolute Gasteiger partial charge is 0.508 e. The molecule has 18 heavy (non-hydrogen) atoms. The average Bonchev–Trinajstić information content (AvgIpc) is 2.31. The van der Waals surface area contributed by atoms with Crippen LogP contribution < -0.4 is 5.32 Å². The third kappa shape index (κ3) is 2.87. The summed E-state index contributed by atoms with van der Waals surface area (Å²) in [5.41, 5.74) is 0.447. The van der Waals surface area contributed by atoms with E-state index in [-0.39, 0.29) is 5.75 Å². The summed E-state index contributed by atoms with van der Waals surface area (Å²) in [6, 6.07) is 3.76. The Morgan fingerprint density at radius 2 is 2.17 bits per heavy atom. The quantitative estimate of drug-likeness (QED) is 0.828. The van der Waals surface area contributed by atoms with Crippen LogP contribution in [0.5, 0.6) is 5.75 Å². The lowest BCUT2D eigenvalue weighted by molar-refractivity contribution is 0.469. The van der Waals surface area contributed by atoms with Gasteiger partial charge in [0.2, 0.25) is 0 Å². The van der Waals surface area contributed by atoms with Crippen LogP contribution in [0.2, 0.25) is 0 Å². The Labute approximate surface area is 117 Å². The molecule has 1 aromatic carbocycles. The molecule has 6 heteroatoms. The molecule has 0 atom stereocenters. The van der Waals surface area contributed by atoms with Gasteiger partial charge in [0.15, 0.2) is 5.82 Å². The minimum atomic E-state index is -0.517. The van der Waals surface area contributed by atoms with Crippen LogP contribution in [0.4, 0.5) is 10.2 Å². The summed E-state index contributed by atoms with van der Waals surface area (Å²) in [5, 5.41) is 12.5. The van der Waals surface area contributed by atoms with Gasteiger partial charge in [0.25, 0.3) is 0 Å². The number of aromatic hydroxyl groups is 1. The Balaban J connectivity index is 2.47. The van der Waals surface area contributed by atoms with Crippen LogP contribution in [-0.4, -0.2) is 21.6 Å².